The Morgan fingerprint density at radius 1 is 1.06 bits per heavy atom. The zero-order valence-corrected chi connectivity index (χ0v) is 19.5. The van der Waals surface area contributed by atoms with Gasteiger partial charge in [-0.15, -0.1) is 0 Å². The van der Waals surface area contributed by atoms with Gasteiger partial charge in [0.2, 0.25) is 5.75 Å². The molecule has 170 valence electrons. The molecule has 3 aromatic rings. The van der Waals surface area contributed by atoms with Gasteiger partial charge in [0.25, 0.3) is 11.5 Å². The van der Waals surface area contributed by atoms with E-state index < -0.39 is 0 Å². The monoisotopic (exact) mass is 486 g/mol. The van der Waals surface area contributed by atoms with E-state index in [1.807, 2.05) is 4.90 Å². The summed E-state index contributed by atoms with van der Waals surface area (Å²) in [6, 6.07) is 8.71. The molecule has 5 rings (SSSR count). The van der Waals surface area contributed by atoms with Gasteiger partial charge in [-0.3, -0.25) is 14.2 Å². The smallest absolute Gasteiger partial charge is 0.272 e. The number of hydrogen-bond donors (Lipinski definition) is 1. The van der Waals surface area contributed by atoms with Gasteiger partial charge in [0, 0.05) is 34.1 Å². The number of anilines is 2. The summed E-state index contributed by atoms with van der Waals surface area (Å²) in [6.07, 6.45) is 0. The van der Waals surface area contributed by atoms with Gasteiger partial charge in [-0.25, -0.2) is 4.99 Å². The van der Waals surface area contributed by atoms with Crippen molar-refractivity contribution in [2.24, 2.45) is 4.99 Å². The molecule has 0 bridgehead atoms. The number of thiazole rings is 1. The van der Waals surface area contributed by atoms with Crippen molar-refractivity contribution in [1.29, 1.82) is 0 Å². The Morgan fingerprint density at radius 2 is 1.79 bits per heavy atom. The predicted molar refractivity (Wildman–Crippen MR) is 125 cm³/mol. The van der Waals surface area contributed by atoms with Crippen LogP contribution in [0.3, 0.4) is 0 Å². The maximum Gasteiger partial charge on any atom is 0.272 e. The molecule has 11 heteroatoms. The van der Waals surface area contributed by atoms with Crippen molar-refractivity contribution in [2.75, 3.05) is 38.2 Å². The summed E-state index contributed by atoms with van der Waals surface area (Å²) < 4.78 is 18.2. The molecule has 1 aromatic heterocycles. The number of methoxy groups -OCH3 is 3. The molecule has 0 atom stereocenters. The van der Waals surface area contributed by atoms with Crippen molar-refractivity contribution >= 4 is 45.8 Å². The molecule has 0 unspecified atom stereocenters. The average molecular weight is 487 g/mol. The van der Waals surface area contributed by atoms with Gasteiger partial charge in [-0.1, -0.05) is 22.9 Å². The van der Waals surface area contributed by atoms with Crippen molar-refractivity contribution < 1.29 is 19.0 Å². The molecular formula is C22H19ClN4O5S. The number of halogens is 1. The van der Waals surface area contributed by atoms with E-state index in [2.05, 4.69) is 10.3 Å². The van der Waals surface area contributed by atoms with Gasteiger partial charge in [0.05, 0.1) is 26.9 Å². The zero-order valence-electron chi connectivity index (χ0n) is 18.0. The first-order valence-corrected chi connectivity index (χ1v) is 11.1. The van der Waals surface area contributed by atoms with E-state index in [0.29, 0.717) is 55.1 Å². The number of benzene rings is 2. The number of ether oxygens (including phenoxy) is 3. The first kappa shape index (κ1) is 21.4. The SMILES string of the molecule is COc1cc(N2CN=c3sc(=C4C(=O)Nc5ccc(Cl)cc54)c(=O)n3C2)cc(OC)c1OC. The van der Waals surface area contributed by atoms with E-state index >= 15 is 0 Å². The maximum atomic E-state index is 13.3. The highest BCUT2D eigenvalue weighted by atomic mass is 35.5. The molecule has 9 nitrogen and oxygen atoms in total. The third-order valence-corrected chi connectivity index (χ3v) is 6.87. The van der Waals surface area contributed by atoms with E-state index in [4.69, 9.17) is 25.8 Å². The highest BCUT2D eigenvalue weighted by molar-refractivity contribution is 7.07. The topological polar surface area (TPSA) is 94.4 Å². The van der Waals surface area contributed by atoms with Crippen LogP contribution in [0.4, 0.5) is 11.4 Å². The summed E-state index contributed by atoms with van der Waals surface area (Å²) in [5, 5.41) is 3.28. The lowest BCUT2D eigenvalue weighted by Gasteiger charge is -2.27. The minimum atomic E-state index is -0.329. The van der Waals surface area contributed by atoms with Gasteiger partial charge in [0.15, 0.2) is 16.3 Å². The molecular weight excluding hydrogens is 468 g/mol. The summed E-state index contributed by atoms with van der Waals surface area (Å²) in [4.78, 5) is 33.1. The highest BCUT2D eigenvalue weighted by Gasteiger charge is 2.28. The van der Waals surface area contributed by atoms with E-state index in [0.717, 1.165) is 5.69 Å². The molecule has 0 aliphatic carbocycles. The Labute approximate surface area is 197 Å². The summed E-state index contributed by atoms with van der Waals surface area (Å²) in [5.41, 5.74) is 2.03. The number of fused-ring (bicyclic) bond motifs is 2. The zero-order chi connectivity index (χ0) is 23.3. The Balaban J connectivity index is 1.60. The molecule has 3 heterocycles. The second-order valence-electron chi connectivity index (χ2n) is 7.33. The van der Waals surface area contributed by atoms with E-state index in [1.165, 1.54) is 18.4 Å². The number of rotatable bonds is 4. The number of nitrogens with zero attached hydrogens (tertiary/aromatic N) is 3. The standard InChI is InChI=1S/C22H19ClN4O5S/c1-30-15-7-12(8-16(31-2)18(15)32-3)26-9-24-22-27(10-26)21(29)19(33-22)17-13-6-11(23)4-5-14(13)25-20(17)28/h4-8H,9-10H2,1-3H3,(H,25,28). The van der Waals surface area contributed by atoms with E-state index in [1.54, 1.807) is 49.1 Å². The van der Waals surface area contributed by atoms with E-state index in [-0.39, 0.29) is 18.1 Å². The molecule has 2 aliphatic heterocycles. The van der Waals surface area contributed by atoms with Crippen LogP contribution in [-0.4, -0.2) is 38.5 Å². The van der Waals surface area contributed by atoms with Crippen molar-refractivity contribution in [1.82, 2.24) is 4.57 Å². The lowest BCUT2D eigenvalue weighted by Crippen LogP contribution is -2.43. The number of carbonyl (C=O) groups excluding carboxylic acids is 1. The van der Waals surface area contributed by atoms with Crippen LogP contribution in [0.5, 0.6) is 17.2 Å². The molecule has 0 saturated heterocycles. The van der Waals surface area contributed by atoms with Crippen LogP contribution in [0.2, 0.25) is 5.02 Å². The molecule has 33 heavy (non-hydrogen) atoms. The fraction of sp³-hybridized carbons (Fsp3) is 0.227. The number of aromatic nitrogens is 1. The van der Waals surface area contributed by atoms with Crippen LogP contribution in [0.25, 0.3) is 5.57 Å². The lowest BCUT2D eigenvalue weighted by molar-refractivity contribution is -0.110. The second-order valence-corrected chi connectivity index (χ2v) is 8.74. The predicted octanol–water partition coefficient (Wildman–Crippen LogP) is 1.79. The summed E-state index contributed by atoms with van der Waals surface area (Å²) in [6.45, 7) is 0.575. The van der Waals surface area contributed by atoms with Gasteiger partial charge < -0.3 is 24.4 Å². The second kappa shape index (κ2) is 8.13. The fourth-order valence-corrected chi connectivity index (χ4v) is 5.17. The fourth-order valence-electron chi connectivity index (χ4n) is 3.94. The van der Waals surface area contributed by atoms with Gasteiger partial charge in [-0.05, 0) is 18.2 Å². The van der Waals surface area contributed by atoms with Crippen LogP contribution in [0, 0.1) is 0 Å². The van der Waals surface area contributed by atoms with Gasteiger partial charge in [0.1, 0.15) is 17.9 Å². The van der Waals surface area contributed by atoms with E-state index in [9.17, 15) is 9.59 Å². The van der Waals surface area contributed by atoms with Crippen LogP contribution < -0.4 is 39.3 Å². The molecule has 0 fully saturated rings. The number of carbonyl (C=O) groups is 1. The summed E-state index contributed by atoms with van der Waals surface area (Å²) in [7, 11) is 4.63. The molecule has 0 radical (unpaired) electrons. The molecule has 0 saturated carbocycles. The minimum Gasteiger partial charge on any atom is -0.493 e. The Morgan fingerprint density at radius 3 is 2.45 bits per heavy atom. The minimum absolute atomic E-state index is 0.254. The van der Waals surface area contributed by atoms with Gasteiger partial charge >= 0.3 is 0 Å². The third-order valence-electron chi connectivity index (χ3n) is 5.52. The normalized spacial score (nSPS) is 16.0. The summed E-state index contributed by atoms with van der Waals surface area (Å²) >= 11 is 7.33. The highest BCUT2D eigenvalue weighted by Crippen LogP contribution is 2.41. The average Bonchev–Trinajstić information content (AvgIpc) is 3.32. The largest absolute Gasteiger partial charge is 0.493 e. The van der Waals surface area contributed by atoms with Gasteiger partial charge in [-0.2, -0.15) is 0 Å². The van der Waals surface area contributed by atoms with Crippen LogP contribution in [0.1, 0.15) is 5.56 Å². The van der Waals surface area contributed by atoms with Crippen molar-refractivity contribution in [3.63, 3.8) is 0 Å². The van der Waals surface area contributed by atoms with Crippen molar-refractivity contribution in [3.05, 3.63) is 60.6 Å². The number of amides is 1. The van der Waals surface area contributed by atoms with Crippen molar-refractivity contribution in [2.45, 2.75) is 6.67 Å². The van der Waals surface area contributed by atoms with Crippen LogP contribution >= 0.6 is 22.9 Å². The molecule has 1 N–H and O–H groups in total. The quantitative estimate of drug-likeness (QED) is 0.604. The molecule has 0 spiro atoms. The molecule has 2 aliphatic rings. The van der Waals surface area contributed by atoms with Crippen LogP contribution in [-0.2, 0) is 11.5 Å². The number of hydrogen-bond acceptors (Lipinski definition) is 8. The Hall–Kier alpha value is -3.50. The molecule has 1 amide bonds. The van der Waals surface area contributed by atoms with Crippen LogP contribution in [0.15, 0.2) is 40.1 Å². The third kappa shape index (κ3) is 3.42. The lowest BCUT2D eigenvalue weighted by atomic mass is 10.1. The Bertz CT molecular complexity index is 1450. The van der Waals surface area contributed by atoms with Crippen molar-refractivity contribution in [3.8, 4) is 17.2 Å². The molecule has 2 aromatic carbocycles. The summed E-state index contributed by atoms with van der Waals surface area (Å²) in [5.74, 6) is 1.16. The first-order valence-electron chi connectivity index (χ1n) is 9.89. The number of nitrogens with one attached hydrogen (secondary N) is 1. The maximum absolute atomic E-state index is 13.3. The first-order chi connectivity index (χ1) is 15.9. The Kier molecular flexibility index (Phi) is 5.26.